The van der Waals surface area contributed by atoms with Gasteiger partial charge < -0.3 is 10.2 Å². The van der Waals surface area contributed by atoms with Crippen LogP contribution in [-0.2, 0) is 6.54 Å². The quantitative estimate of drug-likeness (QED) is 0.910. The van der Waals surface area contributed by atoms with Crippen LogP contribution in [0.3, 0.4) is 0 Å². The minimum Gasteiger partial charge on any atom is -0.344 e. The van der Waals surface area contributed by atoms with Crippen molar-refractivity contribution >= 4 is 27.8 Å². The average Bonchev–Trinajstić information content (AvgIpc) is 2.98. The molecule has 0 bridgehead atoms. The van der Waals surface area contributed by atoms with Crippen LogP contribution in [0, 0.1) is 6.92 Å². The van der Waals surface area contributed by atoms with Gasteiger partial charge in [0.15, 0.2) is 5.13 Å². The molecular weight excluding hydrogens is 262 g/mol. The molecule has 0 aliphatic heterocycles. The maximum atomic E-state index is 4.67. The first kappa shape index (κ1) is 13.5. The van der Waals surface area contributed by atoms with Crippen molar-refractivity contribution in [3.8, 4) is 0 Å². The molecule has 0 aliphatic carbocycles. The molecule has 0 amide bonds. The molecule has 5 heteroatoms. The Balaban J connectivity index is 2.18. The van der Waals surface area contributed by atoms with Crippen LogP contribution in [0.1, 0.15) is 28.4 Å². The van der Waals surface area contributed by atoms with Gasteiger partial charge in [-0.1, -0.05) is 6.07 Å². The average molecular weight is 281 g/mol. The lowest BCUT2D eigenvalue weighted by molar-refractivity contribution is 0.749. The van der Waals surface area contributed by atoms with Crippen LogP contribution in [0.5, 0.6) is 0 Å². The number of rotatable bonds is 5. The topological polar surface area (TPSA) is 28.2 Å². The van der Waals surface area contributed by atoms with E-state index in [1.54, 1.807) is 22.7 Å². The third-order valence-electron chi connectivity index (χ3n) is 3.06. The largest absolute Gasteiger partial charge is 0.344 e. The van der Waals surface area contributed by atoms with Gasteiger partial charge in [0.2, 0.25) is 0 Å². The summed E-state index contributed by atoms with van der Waals surface area (Å²) in [6, 6.07) is 4.66. The van der Waals surface area contributed by atoms with Crippen LogP contribution in [0.15, 0.2) is 17.5 Å². The maximum absolute atomic E-state index is 4.67. The summed E-state index contributed by atoms with van der Waals surface area (Å²) in [5.74, 6) is 0. The van der Waals surface area contributed by atoms with E-state index in [4.69, 9.17) is 0 Å². The van der Waals surface area contributed by atoms with E-state index >= 15 is 0 Å². The van der Waals surface area contributed by atoms with Crippen LogP contribution in [-0.4, -0.2) is 19.1 Å². The second kappa shape index (κ2) is 5.82. The molecule has 1 unspecified atom stereocenters. The van der Waals surface area contributed by atoms with Gasteiger partial charge in [0, 0.05) is 23.3 Å². The molecule has 2 aromatic rings. The van der Waals surface area contributed by atoms with E-state index in [0.717, 1.165) is 17.4 Å². The molecule has 0 spiro atoms. The number of thiazole rings is 1. The van der Waals surface area contributed by atoms with Gasteiger partial charge in [-0.25, -0.2) is 4.98 Å². The number of aromatic nitrogens is 1. The van der Waals surface area contributed by atoms with Gasteiger partial charge in [-0.3, -0.25) is 0 Å². The third-order valence-corrected chi connectivity index (χ3v) is 5.35. The van der Waals surface area contributed by atoms with Gasteiger partial charge >= 0.3 is 0 Å². The molecule has 0 saturated heterocycles. The third kappa shape index (κ3) is 2.74. The lowest BCUT2D eigenvalue weighted by Gasteiger charge is -2.23. The van der Waals surface area contributed by atoms with Gasteiger partial charge in [-0.2, -0.15) is 0 Å². The Hall–Kier alpha value is -0.910. The summed E-state index contributed by atoms with van der Waals surface area (Å²) in [6.07, 6.45) is 0. The normalized spacial score (nSPS) is 12.7. The minimum atomic E-state index is 0.373. The fourth-order valence-electron chi connectivity index (χ4n) is 1.77. The summed E-state index contributed by atoms with van der Waals surface area (Å²) in [4.78, 5) is 9.61. The molecule has 0 saturated carbocycles. The van der Waals surface area contributed by atoms with E-state index < -0.39 is 0 Å². The first-order valence-electron chi connectivity index (χ1n) is 6.00. The van der Waals surface area contributed by atoms with E-state index in [9.17, 15) is 0 Å². The lowest BCUT2D eigenvalue weighted by Crippen LogP contribution is -2.20. The van der Waals surface area contributed by atoms with Crippen LogP contribution in [0.2, 0.25) is 0 Å². The summed E-state index contributed by atoms with van der Waals surface area (Å²) in [6.45, 7) is 5.20. The SMILES string of the molecule is CNCc1sc(N(C)C(C)c2cccs2)nc1C. The van der Waals surface area contributed by atoms with Crippen molar-refractivity contribution in [1.29, 1.82) is 0 Å². The van der Waals surface area contributed by atoms with E-state index in [0.29, 0.717) is 6.04 Å². The van der Waals surface area contributed by atoms with Crippen molar-refractivity contribution in [3.05, 3.63) is 33.0 Å². The first-order valence-corrected chi connectivity index (χ1v) is 7.70. The van der Waals surface area contributed by atoms with Gasteiger partial charge in [-0.05, 0) is 32.3 Å². The zero-order valence-electron chi connectivity index (χ0n) is 11.2. The van der Waals surface area contributed by atoms with E-state index in [1.807, 2.05) is 7.05 Å². The molecule has 2 heterocycles. The summed E-state index contributed by atoms with van der Waals surface area (Å²) < 4.78 is 0. The van der Waals surface area contributed by atoms with Gasteiger partial charge in [0.05, 0.1) is 11.7 Å². The van der Waals surface area contributed by atoms with Crippen LogP contribution in [0.25, 0.3) is 0 Å². The molecule has 98 valence electrons. The second-order valence-electron chi connectivity index (χ2n) is 4.34. The highest BCUT2D eigenvalue weighted by Gasteiger charge is 2.17. The highest BCUT2D eigenvalue weighted by Crippen LogP contribution is 2.32. The highest BCUT2D eigenvalue weighted by molar-refractivity contribution is 7.15. The number of thiophene rings is 1. The number of anilines is 1. The monoisotopic (exact) mass is 281 g/mol. The smallest absolute Gasteiger partial charge is 0.186 e. The molecule has 1 N–H and O–H groups in total. The van der Waals surface area contributed by atoms with E-state index in [1.165, 1.54) is 9.75 Å². The van der Waals surface area contributed by atoms with E-state index in [-0.39, 0.29) is 0 Å². The van der Waals surface area contributed by atoms with Crippen molar-refractivity contribution in [2.24, 2.45) is 0 Å². The Kier molecular flexibility index (Phi) is 4.37. The fraction of sp³-hybridized carbons (Fsp3) is 0.462. The molecule has 0 fully saturated rings. The molecule has 0 radical (unpaired) electrons. The van der Waals surface area contributed by atoms with Gasteiger partial charge in [0.1, 0.15) is 0 Å². The molecule has 2 aromatic heterocycles. The predicted molar refractivity (Wildman–Crippen MR) is 80.8 cm³/mol. The Morgan fingerprint density at radius 3 is 2.89 bits per heavy atom. The summed E-state index contributed by atoms with van der Waals surface area (Å²) in [5.41, 5.74) is 1.13. The van der Waals surface area contributed by atoms with Crippen molar-refractivity contribution in [2.75, 3.05) is 19.0 Å². The number of nitrogens with zero attached hydrogens (tertiary/aromatic N) is 2. The van der Waals surface area contributed by atoms with E-state index in [2.05, 4.69) is 53.6 Å². The zero-order valence-corrected chi connectivity index (χ0v) is 12.9. The summed E-state index contributed by atoms with van der Waals surface area (Å²) >= 11 is 3.57. The van der Waals surface area contributed by atoms with Gasteiger partial charge in [-0.15, -0.1) is 22.7 Å². The Labute approximate surface area is 116 Å². The Bertz CT molecular complexity index is 490. The Morgan fingerprint density at radius 1 is 1.50 bits per heavy atom. The van der Waals surface area contributed by atoms with Crippen molar-refractivity contribution in [2.45, 2.75) is 26.4 Å². The summed E-state index contributed by atoms with van der Waals surface area (Å²) in [5, 5.41) is 6.41. The van der Waals surface area contributed by atoms with Gasteiger partial charge in [0.25, 0.3) is 0 Å². The molecule has 3 nitrogen and oxygen atoms in total. The second-order valence-corrected chi connectivity index (χ2v) is 6.38. The van der Waals surface area contributed by atoms with Crippen LogP contribution < -0.4 is 10.2 Å². The van der Waals surface area contributed by atoms with Crippen LogP contribution in [0.4, 0.5) is 5.13 Å². The zero-order chi connectivity index (χ0) is 13.1. The number of nitrogens with one attached hydrogen (secondary N) is 1. The molecular formula is C13H19N3S2. The molecule has 0 aromatic carbocycles. The molecule has 0 aliphatic rings. The van der Waals surface area contributed by atoms with Crippen molar-refractivity contribution in [1.82, 2.24) is 10.3 Å². The molecule has 2 rings (SSSR count). The fourth-order valence-corrected chi connectivity index (χ4v) is 3.71. The predicted octanol–water partition coefficient (Wildman–Crippen LogP) is 3.43. The van der Waals surface area contributed by atoms with Crippen molar-refractivity contribution in [3.63, 3.8) is 0 Å². The molecule has 18 heavy (non-hydrogen) atoms. The van der Waals surface area contributed by atoms with Crippen molar-refractivity contribution < 1.29 is 0 Å². The van der Waals surface area contributed by atoms with Crippen LogP contribution >= 0.6 is 22.7 Å². The first-order chi connectivity index (χ1) is 8.63. The number of aryl methyl sites for hydroxylation is 1. The maximum Gasteiger partial charge on any atom is 0.186 e. The Morgan fingerprint density at radius 2 is 2.28 bits per heavy atom. The number of hydrogen-bond acceptors (Lipinski definition) is 5. The minimum absolute atomic E-state index is 0.373. The standard InChI is InChI=1S/C13H19N3S2/c1-9-12(8-14-3)18-13(15-9)16(4)10(2)11-6-5-7-17-11/h5-7,10,14H,8H2,1-4H3. The lowest BCUT2D eigenvalue weighted by atomic mass is 10.2. The summed E-state index contributed by atoms with van der Waals surface area (Å²) in [7, 11) is 4.09. The number of hydrogen-bond donors (Lipinski definition) is 1. The highest BCUT2D eigenvalue weighted by atomic mass is 32.1. The molecule has 1 atom stereocenters.